The lowest BCUT2D eigenvalue weighted by molar-refractivity contribution is -0.0203. The SMILES string of the molecule is COc1ccc(C(O)CN2CCOCC2C)cc1. The Bertz CT molecular complexity index is 366. The first-order chi connectivity index (χ1) is 8.70. The Morgan fingerprint density at radius 1 is 1.44 bits per heavy atom. The van der Waals surface area contributed by atoms with Crippen LogP contribution >= 0.6 is 0 Å². The molecule has 1 aliphatic heterocycles. The largest absolute Gasteiger partial charge is 0.497 e. The van der Waals surface area contributed by atoms with E-state index in [-0.39, 0.29) is 0 Å². The Hall–Kier alpha value is -1.10. The number of methoxy groups -OCH3 is 1. The van der Waals surface area contributed by atoms with Crippen molar-refractivity contribution in [3.63, 3.8) is 0 Å². The molecule has 1 heterocycles. The number of aliphatic hydroxyl groups excluding tert-OH is 1. The summed E-state index contributed by atoms with van der Waals surface area (Å²) in [6.45, 7) is 5.15. The van der Waals surface area contributed by atoms with Crippen molar-refractivity contribution < 1.29 is 14.6 Å². The molecular formula is C14H21NO3. The third kappa shape index (κ3) is 3.22. The highest BCUT2D eigenvalue weighted by molar-refractivity contribution is 5.28. The number of benzene rings is 1. The molecule has 1 N–H and O–H groups in total. The van der Waals surface area contributed by atoms with Crippen LogP contribution in [-0.2, 0) is 4.74 Å². The van der Waals surface area contributed by atoms with E-state index in [2.05, 4.69) is 11.8 Å². The van der Waals surface area contributed by atoms with Gasteiger partial charge in [-0.2, -0.15) is 0 Å². The maximum absolute atomic E-state index is 10.2. The molecular weight excluding hydrogens is 230 g/mol. The monoisotopic (exact) mass is 251 g/mol. The van der Waals surface area contributed by atoms with Crippen LogP contribution in [0.2, 0.25) is 0 Å². The minimum Gasteiger partial charge on any atom is -0.497 e. The van der Waals surface area contributed by atoms with Crippen LogP contribution in [-0.4, -0.2) is 49.5 Å². The van der Waals surface area contributed by atoms with Gasteiger partial charge >= 0.3 is 0 Å². The molecule has 2 atom stereocenters. The maximum atomic E-state index is 10.2. The third-order valence-corrected chi connectivity index (χ3v) is 3.41. The van der Waals surface area contributed by atoms with Gasteiger partial charge in [0.15, 0.2) is 0 Å². The first kappa shape index (κ1) is 13.3. The summed E-state index contributed by atoms with van der Waals surface area (Å²) in [6.07, 6.45) is -0.462. The molecule has 4 heteroatoms. The van der Waals surface area contributed by atoms with Gasteiger partial charge in [-0.1, -0.05) is 12.1 Å². The number of aliphatic hydroxyl groups is 1. The van der Waals surface area contributed by atoms with Crippen molar-refractivity contribution in [1.29, 1.82) is 0 Å². The normalized spacial score (nSPS) is 22.7. The molecule has 2 rings (SSSR count). The Balaban J connectivity index is 1.95. The minimum absolute atomic E-state index is 0.367. The summed E-state index contributed by atoms with van der Waals surface area (Å²) in [5, 5.41) is 10.2. The molecule has 1 fully saturated rings. The van der Waals surface area contributed by atoms with E-state index in [1.54, 1.807) is 7.11 Å². The molecule has 1 saturated heterocycles. The molecule has 0 bridgehead atoms. The highest BCUT2D eigenvalue weighted by atomic mass is 16.5. The number of rotatable bonds is 4. The van der Waals surface area contributed by atoms with Crippen molar-refractivity contribution in [3.8, 4) is 5.75 Å². The molecule has 2 unspecified atom stereocenters. The maximum Gasteiger partial charge on any atom is 0.118 e. The van der Waals surface area contributed by atoms with E-state index in [1.165, 1.54) is 0 Å². The average molecular weight is 251 g/mol. The summed E-state index contributed by atoms with van der Waals surface area (Å²) in [7, 11) is 1.64. The van der Waals surface area contributed by atoms with Crippen LogP contribution in [0, 0.1) is 0 Å². The van der Waals surface area contributed by atoms with Crippen molar-refractivity contribution in [3.05, 3.63) is 29.8 Å². The molecule has 4 nitrogen and oxygen atoms in total. The fraction of sp³-hybridized carbons (Fsp3) is 0.571. The fourth-order valence-corrected chi connectivity index (χ4v) is 2.19. The van der Waals surface area contributed by atoms with E-state index in [1.807, 2.05) is 24.3 Å². The lowest BCUT2D eigenvalue weighted by Crippen LogP contribution is -2.45. The number of hydrogen-bond donors (Lipinski definition) is 1. The van der Waals surface area contributed by atoms with Gasteiger partial charge in [0.25, 0.3) is 0 Å². The second-order valence-electron chi connectivity index (χ2n) is 4.71. The molecule has 0 saturated carbocycles. The summed E-state index contributed by atoms with van der Waals surface area (Å²) in [4.78, 5) is 2.26. The smallest absolute Gasteiger partial charge is 0.118 e. The first-order valence-electron chi connectivity index (χ1n) is 6.34. The average Bonchev–Trinajstić information content (AvgIpc) is 2.41. The number of ether oxygens (including phenoxy) is 2. The van der Waals surface area contributed by atoms with Gasteiger partial charge in [0.05, 0.1) is 26.4 Å². The van der Waals surface area contributed by atoms with Crippen LogP contribution < -0.4 is 4.74 Å². The Labute approximate surface area is 108 Å². The molecule has 1 aliphatic rings. The minimum atomic E-state index is -0.462. The van der Waals surface area contributed by atoms with Gasteiger partial charge in [0.1, 0.15) is 5.75 Å². The van der Waals surface area contributed by atoms with E-state index in [4.69, 9.17) is 9.47 Å². The standard InChI is InChI=1S/C14H21NO3/c1-11-10-18-8-7-15(11)9-14(16)12-3-5-13(17-2)6-4-12/h3-6,11,14,16H,7-10H2,1-2H3. The summed E-state index contributed by atoms with van der Waals surface area (Å²) in [5.41, 5.74) is 0.925. The molecule has 0 amide bonds. The lowest BCUT2D eigenvalue weighted by atomic mass is 10.1. The number of β-amino-alcohol motifs (C(OH)–C–C–N with tert-alkyl or cyclic N) is 1. The predicted molar refractivity (Wildman–Crippen MR) is 69.8 cm³/mol. The zero-order chi connectivity index (χ0) is 13.0. The number of nitrogens with zero attached hydrogens (tertiary/aromatic N) is 1. The quantitative estimate of drug-likeness (QED) is 0.879. The van der Waals surface area contributed by atoms with Gasteiger partial charge in [0, 0.05) is 19.1 Å². The molecule has 100 valence electrons. The van der Waals surface area contributed by atoms with Crippen molar-refractivity contribution in [2.75, 3.05) is 33.4 Å². The lowest BCUT2D eigenvalue weighted by Gasteiger charge is -2.34. The molecule has 0 aromatic heterocycles. The summed E-state index contributed by atoms with van der Waals surface area (Å²) in [5.74, 6) is 0.811. The van der Waals surface area contributed by atoms with Crippen LogP contribution in [0.3, 0.4) is 0 Å². The van der Waals surface area contributed by atoms with Gasteiger partial charge in [-0.25, -0.2) is 0 Å². The molecule has 0 spiro atoms. The van der Waals surface area contributed by atoms with Crippen LogP contribution in [0.4, 0.5) is 0 Å². The number of hydrogen-bond acceptors (Lipinski definition) is 4. The highest BCUT2D eigenvalue weighted by Crippen LogP contribution is 2.20. The van der Waals surface area contributed by atoms with E-state index < -0.39 is 6.10 Å². The van der Waals surface area contributed by atoms with E-state index in [0.717, 1.165) is 31.1 Å². The summed E-state index contributed by atoms with van der Waals surface area (Å²) < 4.78 is 10.5. The second kappa shape index (κ2) is 6.18. The van der Waals surface area contributed by atoms with Gasteiger partial charge in [-0.3, -0.25) is 4.90 Å². The topological polar surface area (TPSA) is 41.9 Å². The Kier molecular flexibility index (Phi) is 4.58. The van der Waals surface area contributed by atoms with Crippen LogP contribution in [0.1, 0.15) is 18.6 Å². The third-order valence-electron chi connectivity index (χ3n) is 3.41. The van der Waals surface area contributed by atoms with Crippen molar-refractivity contribution in [1.82, 2.24) is 4.90 Å². The molecule has 18 heavy (non-hydrogen) atoms. The highest BCUT2D eigenvalue weighted by Gasteiger charge is 2.21. The van der Waals surface area contributed by atoms with E-state index in [0.29, 0.717) is 12.6 Å². The van der Waals surface area contributed by atoms with Crippen LogP contribution in [0.15, 0.2) is 24.3 Å². The predicted octanol–water partition coefficient (Wildman–Crippen LogP) is 1.45. The van der Waals surface area contributed by atoms with Crippen molar-refractivity contribution in [2.45, 2.75) is 19.1 Å². The van der Waals surface area contributed by atoms with Gasteiger partial charge in [-0.15, -0.1) is 0 Å². The fourth-order valence-electron chi connectivity index (χ4n) is 2.19. The molecule has 1 aromatic carbocycles. The van der Waals surface area contributed by atoms with Gasteiger partial charge in [-0.05, 0) is 24.6 Å². The molecule has 0 radical (unpaired) electrons. The summed E-state index contributed by atoms with van der Waals surface area (Å²) in [6, 6.07) is 7.94. The summed E-state index contributed by atoms with van der Waals surface area (Å²) >= 11 is 0. The van der Waals surface area contributed by atoms with Crippen molar-refractivity contribution >= 4 is 0 Å². The van der Waals surface area contributed by atoms with E-state index >= 15 is 0 Å². The molecule has 1 aromatic rings. The number of morpholine rings is 1. The van der Waals surface area contributed by atoms with Crippen LogP contribution in [0.5, 0.6) is 5.75 Å². The molecule has 0 aliphatic carbocycles. The van der Waals surface area contributed by atoms with Crippen LogP contribution in [0.25, 0.3) is 0 Å². The van der Waals surface area contributed by atoms with E-state index in [9.17, 15) is 5.11 Å². The van der Waals surface area contributed by atoms with Gasteiger partial charge in [0.2, 0.25) is 0 Å². The Morgan fingerprint density at radius 3 is 2.78 bits per heavy atom. The zero-order valence-electron chi connectivity index (χ0n) is 11.0. The zero-order valence-corrected chi connectivity index (χ0v) is 11.0. The first-order valence-corrected chi connectivity index (χ1v) is 6.34. The van der Waals surface area contributed by atoms with Gasteiger partial charge < -0.3 is 14.6 Å². The van der Waals surface area contributed by atoms with Crippen molar-refractivity contribution in [2.24, 2.45) is 0 Å². The second-order valence-corrected chi connectivity index (χ2v) is 4.71. The Morgan fingerprint density at radius 2 is 2.17 bits per heavy atom.